The summed E-state index contributed by atoms with van der Waals surface area (Å²) in [5.74, 6) is -1.05. The lowest BCUT2D eigenvalue weighted by Crippen LogP contribution is -2.29. The molecule has 5 rings (SSSR count). The zero-order valence-corrected chi connectivity index (χ0v) is 19.0. The minimum Gasteiger partial charge on any atom is -0.346 e. The molecular formula is C27H21N3O3S. The number of amides is 3. The topological polar surface area (TPSA) is 79.4 Å². The minimum absolute atomic E-state index is 0.198. The quantitative estimate of drug-likeness (QED) is 0.407. The lowest BCUT2D eigenvalue weighted by Gasteiger charge is -2.13. The predicted octanol–water partition coefficient (Wildman–Crippen LogP) is 4.46. The largest absolute Gasteiger partial charge is 0.346 e. The van der Waals surface area contributed by atoms with E-state index in [0.717, 1.165) is 22.7 Å². The highest BCUT2D eigenvalue weighted by Gasteiger charge is 2.36. The molecule has 3 amide bonds. The van der Waals surface area contributed by atoms with Crippen LogP contribution >= 0.6 is 11.3 Å². The van der Waals surface area contributed by atoms with Gasteiger partial charge in [0.15, 0.2) is 0 Å². The van der Waals surface area contributed by atoms with Crippen LogP contribution < -0.4 is 5.32 Å². The molecule has 0 radical (unpaired) electrons. The fraction of sp³-hybridized carbons (Fsp3) is 0.111. The van der Waals surface area contributed by atoms with Crippen molar-refractivity contribution >= 4 is 29.1 Å². The third-order valence-corrected chi connectivity index (χ3v) is 6.54. The standard InChI is InChI=1S/C27H21N3O3S/c31-25(28-15-21-17-34-24(29-21)13-18-7-3-1-4-8-18)20-11-12-22-23(14-20)27(33)30(26(22)32)16-19-9-5-2-6-10-19/h1-12,14,17H,13,15-16H2,(H,28,31). The maximum Gasteiger partial charge on any atom is 0.261 e. The molecule has 0 unspecified atom stereocenters. The van der Waals surface area contributed by atoms with Gasteiger partial charge < -0.3 is 5.32 Å². The summed E-state index contributed by atoms with van der Waals surface area (Å²) in [7, 11) is 0. The molecule has 3 aromatic carbocycles. The molecule has 34 heavy (non-hydrogen) atoms. The Morgan fingerprint density at radius 1 is 0.853 bits per heavy atom. The van der Waals surface area contributed by atoms with E-state index in [4.69, 9.17) is 0 Å². The number of thiazole rings is 1. The van der Waals surface area contributed by atoms with Gasteiger partial charge in [0.1, 0.15) is 0 Å². The van der Waals surface area contributed by atoms with Crippen molar-refractivity contribution in [1.29, 1.82) is 0 Å². The monoisotopic (exact) mass is 467 g/mol. The molecule has 7 heteroatoms. The molecular weight excluding hydrogens is 446 g/mol. The van der Waals surface area contributed by atoms with Gasteiger partial charge in [-0.1, -0.05) is 60.7 Å². The minimum atomic E-state index is -0.386. The molecule has 1 N–H and O–H groups in total. The Labute approximate surface area is 200 Å². The number of imide groups is 1. The van der Waals surface area contributed by atoms with Crippen LogP contribution in [0, 0.1) is 0 Å². The van der Waals surface area contributed by atoms with Gasteiger partial charge in [-0.2, -0.15) is 0 Å². The molecule has 0 saturated heterocycles. The zero-order valence-electron chi connectivity index (χ0n) is 18.2. The first kappa shape index (κ1) is 21.7. The highest BCUT2D eigenvalue weighted by atomic mass is 32.1. The summed E-state index contributed by atoms with van der Waals surface area (Å²) < 4.78 is 0. The van der Waals surface area contributed by atoms with Crippen molar-refractivity contribution in [2.45, 2.75) is 19.5 Å². The molecule has 0 bridgehead atoms. The predicted molar refractivity (Wildman–Crippen MR) is 130 cm³/mol. The van der Waals surface area contributed by atoms with Gasteiger partial charge in [0.05, 0.1) is 34.9 Å². The first-order valence-corrected chi connectivity index (χ1v) is 11.8. The van der Waals surface area contributed by atoms with Gasteiger partial charge in [-0.15, -0.1) is 11.3 Å². The SMILES string of the molecule is O=C(NCc1csc(Cc2ccccc2)n1)c1ccc2c(c1)C(=O)N(Cc1ccccc1)C2=O. The maximum absolute atomic E-state index is 12.9. The number of nitrogens with one attached hydrogen (secondary N) is 1. The Balaban J connectivity index is 1.23. The van der Waals surface area contributed by atoms with Crippen molar-refractivity contribution in [2.24, 2.45) is 0 Å². The van der Waals surface area contributed by atoms with Crippen LogP contribution in [-0.2, 0) is 19.5 Å². The van der Waals surface area contributed by atoms with Crippen LogP contribution in [0.3, 0.4) is 0 Å². The Morgan fingerprint density at radius 3 is 2.26 bits per heavy atom. The van der Waals surface area contributed by atoms with Gasteiger partial charge in [0, 0.05) is 17.4 Å². The van der Waals surface area contributed by atoms with Crippen molar-refractivity contribution in [1.82, 2.24) is 15.2 Å². The molecule has 1 aliphatic heterocycles. The molecule has 1 aromatic heterocycles. The Morgan fingerprint density at radius 2 is 1.53 bits per heavy atom. The second-order valence-electron chi connectivity index (χ2n) is 8.02. The van der Waals surface area contributed by atoms with E-state index in [0.29, 0.717) is 11.1 Å². The van der Waals surface area contributed by atoms with Crippen molar-refractivity contribution in [3.63, 3.8) is 0 Å². The number of fused-ring (bicyclic) bond motifs is 1. The first-order chi connectivity index (χ1) is 16.6. The summed E-state index contributed by atoms with van der Waals surface area (Å²) in [6, 6.07) is 24.1. The summed E-state index contributed by atoms with van der Waals surface area (Å²) >= 11 is 1.56. The molecule has 0 atom stereocenters. The van der Waals surface area contributed by atoms with Crippen LogP contribution in [0.4, 0.5) is 0 Å². The van der Waals surface area contributed by atoms with E-state index in [-0.39, 0.29) is 36.4 Å². The molecule has 0 saturated carbocycles. The molecule has 168 valence electrons. The second kappa shape index (κ2) is 9.41. The second-order valence-corrected chi connectivity index (χ2v) is 8.96. The smallest absolute Gasteiger partial charge is 0.261 e. The molecule has 0 fully saturated rings. The molecule has 0 aliphatic carbocycles. The summed E-state index contributed by atoms with van der Waals surface area (Å²) in [4.78, 5) is 44.2. The van der Waals surface area contributed by atoms with E-state index < -0.39 is 0 Å². The van der Waals surface area contributed by atoms with Crippen LogP contribution in [-0.4, -0.2) is 27.6 Å². The molecule has 4 aromatic rings. The van der Waals surface area contributed by atoms with Crippen LogP contribution in [0.15, 0.2) is 84.2 Å². The van der Waals surface area contributed by atoms with Gasteiger partial charge >= 0.3 is 0 Å². The maximum atomic E-state index is 12.9. The van der Waals surface area contributed by atoms with Gasteiger partial charge in [0.2, 0.25) is 0 Å². The van der Waals surface area contributed by atoms with Crippen molar-refractivity contribution < 1.29 is 14.4 Å². The molecule has 6 nitrogen and oxygen atoms in total. The third kappa shape index (κ3) is 4.51. The Hall–Kier alpha value is -4.10. The number of hydrogen-bond donors (Lipinski definition) is 1. The number of carbonyl (C=O) groups excluding carboxylic acids is 3. The fourth-order valence-corrected chi connectivity index (χ4v) is 4.72. The van der Waals surface area contributed by atoms with Crippen LogP contribution in [0.2, 0.25) is 0 Å². The van der Waals surface area contributed by atoms with Crippen LogP contribution in [0.25, 0.3) is 0 Å². The zero-order chi connectivity index (χ0) is 23.5. The van der Waals surface area contributed by atoms with Gasteiger partial charge in [-0.25, -0.2) is 4.98 Å². The molecule has 1 aliphatic rings. The van der Waals surface area contributed by atoms with Gasteiger partial charge in [0.25, 0.3) is 17.7 Å². The average Bonchev–Trinajstić information content (AvgIpc) is 3.41. The Bertz CT molecular complexity index is 1370. The van der Waals surface area contributed by atoms with Crippen molar-refractivity contribution in [3.8, 4) is 0 Å². The van der Waals surface area contributed by atoms with Gasteiger partial charge in [-0.3, -0.25) is 19.3 Å². The van der Waals surface area contributed by atoms with E-state index >= 15 is 0 Å². The van der Waals surface area contributed by atoms with E-state index in [1.807, 2.05) is 53.9 Å². The molecule has 2 heterocycles. The third-order valence-electron chi connectivity index (χ3n) is 5.64. The lowest BCUT2D eigenvalue weighted by atomic mass is 10.1. The average molecular weight is 468 g/mol. The van der Waals surface area contributed by atoms with E-state index in [9.17, 15) is 14.4 Å². The number of rotatable bonds is 7. The lowest BCUT2D eigenvalue weighted by molar-refractivity contribution is 0.0642. The van der Waals surface area contributed by atoms with E-state index in [1.165, 1.54) is 16.5 Å². The van der Waals surface area contributed by atoms with Crippen LogP contribution in [0.1, 0.15) is 52.9 Å². The van der Waals surface area contributed by atoms with Gasteiger partial charge in [-0.05, 0) is 29.3 Å². The number of benzene rings is 3. The number of aromatic nitrogens is 1. The highest BCUT2D eigenvalue weighted by Crippen LogP contribution is 2.26. The summed E-state index contributed by atoms with van der Waals surface area (Å²) in [5.41, 5.74) is 3.75. The normalized spacial score (nSPS) is 12.6. The Kier molecular flexibility index (Phi) is 6.01. The van der Waals surface area contributed by atoms with Crippen molar-refractivity contribution in [2.75, 3.05) is 0 Å². The van der Waals surface area contributed by atoms with Crippen molar-refractivity contribution in [3.05, 3.63) is 123 Å². The van der Waals surface area contributed by atoms with E-state index in [2.05, 4.69) is 22.4 Å². The summed E-state index contributed by atoms with van der Waals surface area (Å²) in [5, 5.41) is 5.77. The number of nitrogens with zero attached hydrogens (tertiary/aromatic N) is 2. The number of hydrogen-bond acceptors (Lipinski definition) is 5. The highest BCUT2D eigenvalue weighted by molar-refractivity contribution is 7.09. The summed E-state index contributed by atoms with van der Waals surface area (Å²) in [6.07, 6.45) is 0.750. The molecule has 0 spiro atoms. The summed E-state index contributed by atoms with van der Waals surface area (Å²) in [6.45, 7) is 0.484. The fourth-order valence-electron chi connectivity index (χ4n) is 3.90. The first-order valence-electron chi connectivity index (χ1n) is 10.9. The van der Waals surface area contributed by atoms with Crippen LogP contribution in [0.5, 0.6) is 0 Å². The number of carbonyl (C=O) groups is 3. The van der Waals surface area contributed by atoms with E-state index in [1.54, 1.807) is 23.5 Å².